The summed E-state index contributed by atoms with van der Waals surface area (Å²) in [7, 11) is 4.10. The quantitative estimate of drug-likeness (QED) is 0.857. The molecule has 114 valence electrons. The minimum absolute atomic E-state index is 0.0397. The van der Waals surface area contributed by atoms with Crippen molar-refractivity contribution in [2.24, 2.45) is 5.92 Å². The van der Waals surface area contributed by atoms with Crippen LogP contribution in [0.25, 0.3) is 10.9 Å². The molecule has 2 N–H and O–H groups in total. The van der Waals surface area contributed by atoms with E-state index in [0.29, 0.717) is 24.1 Å². The molecule has 0 aliphatic carbocycles. The van der Waals surface area contributed by atoms with Gasteiger partial charge in [0.1, 0.15) is 0 Å². The van der Waals surface area contributed by atoms with Gasteiger partial charge in [0.15, 0.2) is 0 Å². The zero-order valence-corrected chi connectivity index (χ0v) is 13.2. The van der Waals surface area contributed by atoms with Crippen LogP contribution in [-0.2, 0) is 0 Å². The number of carbonyl (C=O) groups is 1. The number of hydrogen-bond donors (Lipinski definition) is 2. The summed E-state index contributed by atoms with van der Waals surface area (Å²) in [4.78, 5) is 14.4. The van der Waals surface area contributed by atoms with Gasteiger partial charge in [-0.05, 0) is 38.6 Å². The molecule has 5 nitrogen and oxygen atoms in total. The second-order valence-electron chi connectivity index (χ2n) is 6.13. The number of benzene rings is 1. The van der Waals surface area contributed by atoms with Gasteiger partial charge in [-0.25, -0.2) is 0 Å². The monoisotopic (exact) mass is 288 g/mol. The summed E-state index contributed by atoms with van der Waals surface area (Å²) < 4.78 is 0. The lowest BCUT2D eigenvalue weighted by molar-refractivity contribution is 0.0938. The number of hydrogen-bond acceptors (Lipinski definition) is 3. The highest BCUT2D eigenvalue weighted by atomic mass is 16.1. The second-order valence-corrected chi connectivity index (χ2v) is 6.13. The van der Waals surface area contributed by atoms with Crippen molar-refractivity contribution in [2.45, 2.75) is 26.3 Å². The molecular weight excluding hydrogens is 264 g/mol. The molecule has 1 atom stereocenters. The predicted molar refractivity (Wildman–Crippen MR) is 85.4 cm³/mol. The van der Waals surface area contributed by atoms with Crippen molar-refractivity contribution >= 4 is 16.8 Å². The van der Waals surface area contributed by atoms with Gasteiger partial charge >= 0.3 is 0 Å². The summed E-state index contributed by atoms with van der Waals surface area (Å²) in [6, 6.07) is 5.93. The molecular formula is C16H24N4O. The molecule has 1 unspecified atom stereocenters. The number of rotatable bonds is 6. The number of aromatic nitrogens is 2. The standard InChI is InChI=1S/C16H24N4O/c1-11(2)7-14(20(3)4)10-17-16(21)12-5-6-13-9-18-19-15(13)8-12/h5-6,8-9,11,14H,7,10H2,1-4H3,(H,17,21)(H,18,19). The van der Waals surface area contributed by atoms with Gasteiger partial charge < -0.3 is 10.2 Å². The van der Waals surface area contributed by atoms with Crippen molar-refractivity contribution in [3.8, 4) is 0 Å². The lowest BCUT2D eigenvalue weighted by Crippen LogP contribution is -2.41. The van der Waals surface area contributed by atoms with E-state index in [2.05, 4.69) is 48.4 Å². The van der Waals surface area contributed by atoms with Gasteiger partial charge in [-0.1, -0.05) is 19.9 Å². The van der Waals surface area contributed by atoms with E-state index >= 15 is 0 Å². The summed E-state index contributed by atoms with van der Waals surface area (Å²) in [6.07, 6.45) is 2.81. The number of H-pyrrole nitrogens is 1. The molecule has 0 bridgehead atoms. The fourth-order valence-corrected chi connectivity index (χ4v) is 2.41. The Kier molecular flexibility index (Phi) is 4.96. The highest BCUT2D eigenvalue weighted by Gasteiger charge is 2.15. The molecule has 1 aromatic heterocycles. The summed E-state index contributed by atoms with van der Waals surface area (Å²) in [5.41, 5.74) is 1.54. The zero-order chi connectivity index (χ0) is 15.4. The first-order valence-electron chi connectivity index (χ1n) is 7.35. The van der Waals surface area contributed by atoms with Gasteiger partial charge in [-0.15, -0.1) is 0 Å². The molecule has 1 heterocycles. The normalized spacial score (nSPS) is 13.0. The summed E-state index contributed by atoms with van der Waals surface area (Å²) in [5.74, 6) is 0.567. The second kappa shape index (κ2) is 6.72. The largest absolute Gasteiger partial charge is 0.350 e. The zero-order valence-electron chi connectivity index (χ0n) is 13.2. The Labute approximate surface area is 125 Å². The van der Waals surface area contributed by atoms with Crippen molar-refractivity contribution in [3.63, 3.8) is 0 Å². The average Bonchev–Trinajstić information content (AvgIpc) is 2.89. The predicted octanol–water partition coefficient (Wildman–Crippen LogP) is 2.27. The molecule has 0 fully saturated rings. The molecule has 21 heavy (non-hydrogen) atoms. The molecule has 2 aromatic rings. The number of amides is 1. The topological polar surface area (TPSA) is 61.0 Å². The molecule has 0 saturated heterocycles. The Morgan fingerprint density at radius 1 is 1.38 bits per heavy atom. The first-order chi connectivity index (χ1) is 9.97. The number of likely N-dealkylation sites (N-methyl/N-ethyl adjacent to an activating group) is 1. The summed E-state index contributed by atoms with van der Waals surface area (Å²) in [5, 5.41) is 10.9. The van der Waals surface area contributed by atoms with E-state index in [1.807, 2.05) is 18.2 Å². The van der Waals surface area contributed by atoms with E-state index in [1.54, 1.807) is 6.20 Å². The first-order valence-corrected chi connectivity index (χ1v) is 7.35. The lowest BCUT2D eigenvalue weighted by Gasteiger charge is -2.26. The van der Waals surface area contributed by atoms with Gasteiger partial charge in [-0.2, -0.15) is 5.10 Å². The fourth-order valence-electron chi connectivity index (χ4n) is 2.41. The maximum absolute atomic E-state index is 12.3. The smallest absolute Gasteiger partial charge is 0.251 e. The minimum Gasteiger partial charge on any atom is -0.350 e. The maximum atomic E-state index is 12.3. The van der Waals surface area contributed by atoms with E-state index in [-0.39, 0.29) is 5.91 Å². The summed E-state index contributed by atoms with van der Waals surface area (Å²) >= 11 is 0. The number of nitrogens with zero attached hydrogens (tertiary/aromatic N) is 2. The van der Waals surface area contributed by atoms with Crippen LogP contribution in [0.4, 0.5) is 0 Å². The van der Waals surface area contributed by atoms with Crippen LogP contribution >= 0.6 is 0 Å². The molecule has 0 aliphatic rings. The minimum atomic E-state index is -0.0397. The van der Waals surface area contributed by atoms with E-state index in [9.17, 15) is 4.79 Å². The molecule has 1 amide bonds. The van der Waals surface area contributed by atoms with Gasteiger partial charge in [0.25, 0.3) is 5.91 Å². The van der Waals surface area contributed by atoms with Crippen LogP contribution in [0.1, 0.15) is 30.6 Å². The highest BCUT2D eigenvalue weighted by Crippen LogP contribution is 2.13. The molecule has 0 radical (unpaired) electrons. The molecule has 0 saturated carbocycles. The third-order valence-electron chi connectivity index (χ3n) is 3.68. The third-order valence-corrected chi connectivity index (χ3v) is 3.68. The Bertz CT molecular complexity index is 603. The average molecular weight is 288 g/mol. The number of fused-ring (bicyclic) bond motifs is 1. The van der Waals surface area contributed by atoms with Gasteiger partial charge in [0, 0.05) is 23.5 Å². The van der Waals surface area contributed by atoms with Crippen LogP contribution < -0.4 is 5.32 Å². The Morgan fingerprint density at radius 3 is 2.81 bits per heavy atom. The van der Waals surface area contributed by atoms with E-state index in [0.717, 1.165) is 17.3 Å². The van der Waals surface area contributed by atoms with Crippen molar-refractivity contribution < 1.29 is 4.79 Å². The van der Waals surface area contributed by atoms with Crippen molar-refractivity contribution in [3.05, 3.63) is 30.0 Å². The van der Waals surface area contributed by atoms with Gasteiger partial charge in [0.05, 0.1) is 11.7 Å². The van der Waals surface area contributed by atoms with E-state index < -0.39 is 0 Å². The number of aromatic amines is 1. The molecule has 1 aromatic carbocycles. The van der Waals surface area contributed by atoms with Crippen LogP contribution in [0.3, 0.4) is 0 Å². The van der Waals surface area contributed by atoms with Crippen LogP contribution in [0, 0.1) is 5.92 Å². The lowest BCUT2D eigenvalue weighted by atomic mass is 10.0. The first kappa shape index (κ1) is 15.5. The van der Waals surface area contributed by atoms with Crippen molar-refractivity contribution in [1.82, 2.24) is 20.4 Å². The highest BCUT2D eigenvalue weighted by molar-refractivity contribution is 5.97. The van der Waals surface area contributed by atoms with Gasteiger partial charge in [-0.3, -0.25) is 9.89 Å². The third kappa shape index (κ3) is 4.04. The Balaban J connectivity index is 1.99. The molecule has 5 heteroatoms. The summed E-state index contributed by atoms with van der Waals surface area (Å²) in [6.45, 7) is 5.06. The van der Waals surface area contributed by atoms with Crippen LogP contribution in [0.15, 0.2) is 24.4 Å². The van der Waals surface area contributed by atoms with Gasteiger partial charge in [0.2, 0.25) is 0 Å². The van der Waals surface area contributed by atoms with Crippen LogP contribution in [-0.4, -0.2) is 47.7 Å². The SMILES string of the molecule is CC(C)CC(CNC(=O)c1ccc2cn[nH]c2c1)N(C)C. The molecule has 2 rings (SSSR count). The Hall–Kier alpha value is -1.88. The Morgan fingerprint density at radius 2 is 2.14 bits per heavy atom. The number of nitrogens with one attached hydrogen (secondary N) is 2. The number of carbonyl (C=O) groups excluding carboxylic acids is 1. The fraction of sp³-hybridized carbons (Fsp3) is 0.500. The van der Waals surface area contributed by atoms with Crippen molar-refractivity contribution in [2.75, 3.05) is 20.6 Å². The van der Waals surface area contributed by atoms with Crippen LogP contribution in [0.2, 0.25) is 0 Å². The molecule has 0 spiro atoms. The maximum Gasteiger partial charge on any atom is 0.251 e. The van der Waals surface area contributed by atoms with Crippen molar-refractivity contribution in [1.29, 1.82) is 0 Å². The molecule has 0 aliphatic heterocycles. The van der Waals surface area contributed by atoms with E-state index in [1.165, 1.54) is 0 Å². The van der Waals surface area contributed by atoms with Crippen LogP contribution in [0.5, 0.6) is 0 Å². The van der Waals surface area contributed by atoms with E-state index in [4.69, 9.17) is 0 Å².